The van der Waals surface area contributed by atoms with E-state index in [1.165, 1.54) is 0 Å². The minimum absolute atomic E-state index is 0.0636. The summed E-state index contributed by atoms with van der Waals surface area (Å²) in [6, 6.07) is 3.71. The molecule has 2 atom stereocenters. The van der Waals surface area contributed by atoms with Crippen molar-refractivity contribution in [2.75, 3.05) is 27.8 Å². The number of benzene rings is 2. The van der Waals surface area contributed by atoms with E-state index in [4.69, 9.17) is 39.9 Å². The fraction of sp³-hybridized carbons (Fsp3) is 0.455. The predicted molar refractivity (Wildman–Crippen MR) is 112 cm³/mol. The van der Waals surface area contributed by atoms with Crippen molar-refractivity contribution in [1.29, 1.82) is 0 Å². The first-order chi connectivity index (χ1) is 14.4. The van der Waals surface area contributed by atoms with Crippen molar-refractivity contribution in [1.82, 2.24) is 0 Å². The molecule has 4 rings (SSSR count). The molecule has 0 aromatic heterocycles. The molecule has 2 aliphatic rings. The first kappa shape index (κ1) is 20.4. The molecule has 0 radical (unpaired) electrons. The number of ether oxygens (including phenoxy) is 6. The number of fused-ring (bicyclic) bond motifs is 2. The Labute approximate surface area is 175 Å². The quantitative estimate of drug-likeness (QED) is 0.709. The highest BCUT2D eigenvalue weighted by Gasteiger charge is 2.33. The molecule has 4 N–H and O–H groups in total. The zero-order valence-corrected chi connectivity index (χ0v) is 17.7. The van der Waals surface area contributed by atoms with Crippen LogP contribution in [0.3, 0.4) is 0 Å². The summed E-state index contributed by atoms with van der Waals surface area (Å²) in [5.41, 5.74) is 15.8. The summed E-state index contributed by atoms with van der Waals surface area (Å²) in [4.78, 5) is 0. The van der Waals surface area contributed by atoms with Crippen LogP contribution in [-0.4, -0.2) is 39.9 Å². The zero-order chi connectivity index (χ0) is 21.4. The van der Waals surface area contributed by atoms with Gasteiger partial charge in [0.2, 0.25) is 19.3 Å². The van der Waals surface area contributed by atoms with Gasteiger partial charge < -0.3 is 39.9 Å². The van der Waals surface area contributed by atoms with Crippen molar-refractivity contribution < 1.29 is 28.4 Å². The van der Waals surface area contributed by atoms with E-state index >= 15 is 0 Å². The monoisotopic (exact) mass is 416 g/mol. The number of methoxy groups -OCH3 is 2. The van der Waals surface area contributed by atoms with Crippen molar-refractivity contribution in [2.45, 2.75) is 38.8 Å². The molecule has 8 heteroatoms. The molecule has 0 fully saturated rings. The van der Waals surface area contributed by atoms with Crippen LogP contribution in [0.4, 0.5) is 0 Å². The lowest BCUT2D eigenvalue weighted by atomic mass is 9.90. The molecule has 2 heterocycles. The van der Waals surface area contributed by atoms with Crippen LogP contribution in [-0.2, 0) is 12.8 Å². The van der Waals surface area contributed by atoms with Crippen molar-refractivity contribution in [3.63, 3.8) is 0 Å². The van der Waals surface area contributed by atoms with E-state index in [-0.39, 0.29) is 25.7 Å². The van der Waals surface area contributed by atoms with Crippen molar-refractivity contribution in [3.8, 4) is 45.6 Å². The molecule has 2 unspecified atom stereocenters. The van der Waals surface area contributed by atoms with Crippen LogP contribution >= 0.6 is 0 Å². The Morgan fingerprint density at radius 2 is 1.53 bits per heavy atom. The molecule has 0 bridgehead atoms. The molecule has 30 heavy (non-hydrogen) atoms. The van der Waals surface area contributed by atoms with Gasteiger partial charge in [-0.25, -0.2) is 0 Å². The molecular formula is C22H28N2O6. The Bertz CT molecular complexity index is 958. The van der Waals surface area contributed by atoms with E-state index in [0.29, 0.717) is 47.3 Å². The molecule has 2 aliphatic heterocycles. The highest BCUT2D eigenvalue weighted by atomic mass is 16.7. The average Bonchev–Trinajstić information content (AvgIpc) is 3.35. The normalized spacial score (nSPS) is 15.8. The standard InChI is InChI=1S/C22H28N2O6/c1-11(23)5-13-7-15(20-22(19(13)26-4)30-10-28-20)18-14(6-12(2)24)16(25-3)8-17-21(18)29-9-27-17/h7-8,11-12H,5-6,9-10,23-24H2,1-4H3. The first-order valence-corrected chi connectivity index (χ1v) is 9.95. The molecule has 162 valence electrons. The Morgan fingerprint density at radius 1 is 0.867 bits per heavy atom. The van der Waals surface area contributed by atoms with E-state index in [1.54, 1.807) is 14.2 Å². The van der Waals surface area contributed by atoms with Crippen molar-refractivity contribution >= 4 is 0 Å². The smallest absolute Gasteiger partial charge is 0.231 e. The maximum atomic E-state index is 6.17. The summed E-state index contributed by atoms with van der Waals surface area (Å²) in [5.74, 6) is 3.73. The maximum absolute atomic E-state index is 6.17. The van der Waals surface area contributed by atoms with Crippen molar-refractivity contribution in [2.24, 2.45) is 11.5 Å². The molecule has 0 saturated heterocycles. The van der Waals surface area contributed by atoms with Gasteiger partial charge in [-0.1, -0.05) is 0 Å². The lowest BCUT2D eigenvalue weighted by Gasteiger charge is -2.21. The predicted octanol–water partition coefficient (Wildman–Crippen LogP) is 2.61. The molecule has 0 spiro atoms. The highest BCUT2D eigenvalue weighted by molar-refractivity contribution is 5.87. The minimum atomic E-state index is -0.0926. The third-order valence-corrected chi connectivity index (χ3v) is 5.17. The second kappa shape index (κ2) is 8.12. The Balaban J connectivity index is 2.03. The number of rotatable bonds is 7. The van der Waals surface area contributed by atoms with E-state index in [1.807, 2.05) is 26.0 Å². The van der Waals surface area contributed by atoms with E-state index in [0.717, 1.165) is 22.3 Å². The fourth-order valence-electron chi connectivity index (χ4n) is 4.06. The molecular weight excluding hydrogens is 388 g/mol. The third-order valence-electron chi connectivity index (χ3n) is 5.17. The Morgan fingerprint density at radius 3 is 2.20 bits per heavy atom. The van der Waals surface area contributed by atoms with E-state index < -0.39 is 0 Å². The summed E-state index contributed by atoms with van der Waals surface area (Å²) in [5, 5.41) is 0. The van der Waals surface area contributed by atoms with Gasteiger partial charge in [-0.3, -0.25) is 0 Å². The number of hydrogen-bond donors (Lipinski definition) is 2. The van der Waals surface area contributed by atoms with Gasteiger partial charge in [0.25, 0.3) is 0 Å². The third kappa shape index (κ3) is 3.46. The molecule has 0 aliphatic carbocycles. The summed E-state index contributed by atoms with van der Waals surface area (Å²) in [7, 11) is 3.25. The summed E-state index contributed by atoms with van der Waals surface area (Å²) in [6.07, 6.45) is 1.19. The van der Waals surface area contributed by atoms with Gasteiger partial charge in [0.15, 0.2) is 23.0 Å². The van der Waals surface area contributed by atoms with Gasteiger partial charge in [0.05, 0.1) is 14.2 Å². The molecule has 8 nitrogen and oxygen atoms in total. The second-order valence-corrected chi connectivity index (χ2v) is 7.71. The van der Waals surface area contributed by atoms with Gasteiger partial charge in [0, 0.05) is 40.4 Å². The minimum Gasteiger partial charge on any atom is -0.496 e. The lowest BCUT2D eigenvalue weighted by Crippen LogP contribution is -2.19. The molecule has 0 amide bonds. The number of nitrogens with two attached hydrogens (primary N) is 2. The average molecular weight is 416 g/mol. The van der Waals surface area contributed by atoms with Gasteiger partial charge >= 0.3 is 0 Å². The SMILES string of the molecule is COc1cc2c(c(-c3cc(CC(C)N)c(OC)c4c3OCO4)c1CC(C)N)OCO2. The van der Waals surface area contributed by atoms with Crippen LogP contribution in [0.2, 0.25) is 0 Å². The number of hydrogen-bond acceptors (Lipinski definition) is 8. The van der Waals surface area contributed by atoms with Crippen LogP contribution < -0.4 is 39.9 Å². The summed E-state index contributed by atoms with van der Waals surface area (Å²) >= 11 is 0. The van der Waals surface area contributed by atoms with Gasteiger partial charge in [-0.15, -0.1) is 0 Å². The largest absolute Gasteiger partial charge is 0.496 e. The van der Waals surface area contributed by atoms with Crippen LogP contribution in [0, 0.1) is 0 Å². The highest BCUT2D eigenvalue weighted by Crippen LogP contribution is 2.55. The van der Waals surface area contributed by atoms with Crippen LogP contribution in [0.5, 0.6) is 34.5 Å². The molecule has 2 aromatic carbocycles. The zero-order valence-electron chi connectivity index (χ0n) is 17.7. The second-order valence-electron chi connectivity index (χ2n) is 7.71. The van der Waals surface area contributed by atoms with E-state index in [2.05, 4.69) is 0 Å². The van der Waals surface area contributed by atoms with Crippen LogP contribution in [0.25, 0.3) is 11.1 Å². The van der Waals surface area contributed by atoms with Gasteiger partial charge in [0.1, 0.15) is 5.75 Å². The van der Waals surface area contributed by atoms with Gasteiger partial charge in [-0.05, 0) is 32.8 Å². The van der Waals surface area contributed by atoms with Crippen LogP contribution in [0.1, 0.15) is 25.0 Å². The lowest BCUT2D eigenvalue weighted by molar-refractivity contribution is 0.171. The topological polar surface area (TPSA) is 107 Å². The van der Waals surface area contributed by atoms with E-state index in [9.17, 15) is 0 Å². The van der Waals surface area contributed by atoms with Crippen LogP contribution in [0.15, 0.2) is 12.1 Å². The van der Waals surface area contributed by atoms with Gasteiger partial charge in [-0.2, -0.15) is 0 Å². The fourth-order valence-corrected chi connectivity index (χ4v) is 4.06. The summed E-state index contributed by atoms with van der Waals surface area (Å²) in [6.45, 7) is 4.14. The Kier molecular flexibility index (Phi) is 5.53. The first-order valence-electron chi connectivity index (χ1n) is 9.95. The Hall–Kier alpha value is -2.84. The molecule has 2 aromatic rings. The summed E-state index contributed by atoms with van der Waals surface area (Å²) < 4.78 is 34.5. The molecule has 0 saturated carbocycles. The maximum Gasteiger partial charge on any atom is 0.231 e. The van der Waals surface area contributed by atoms with Crippen molar-refractivity contribution in [3.05, 3.63) is 23.3 Å².